The zero-order chi connectivity index (χ0) is 19.7. The van der Waals surface area contributed by atoms with Gasteiger partial charge in [-0.25, -0.2) is 9.37 Å². The van der Waals surface area contributed by atoms with Gasteiger partial charge in [0.1, 0.15) is 18.1 Å². The van der Waals surface area contributed by atoms with E-state index in [2.05, 4.69) is 10.1 Å². The van der Waals surface area contributed by atoms with Gasteiger partial charge >= 0.3 is 5.97 Å². The van der Waals surface area contributed by atoms with Crippen LogP contribution < -0.4 is 5.56 Å². The highest BCUT2D eigenvalue weighted by Gasteiger charge is 2.28. The molecule has 9 heteroatoms. The van der Waals surface area contributed by atoms with Crippen LogP contribution in [0.5, 0.6) is 0 Å². The lowest BCUT2D eigenvalue weighted by atomic mass is 10.1. The number of thioether (sulfide) groups is 1. The van der Waals surface area contributed by atoms with E-state index in [9.17, 15) is 14.0 Å². The van der Waals surface area contributed by atoms with Crippen molar-refractivity contribution in [2.45, 2.75) is 31.1 Å². The molecule has 28 heavy (non-hydrogen) atoms. The Hall–Kier alpha value is -2.94. The van der Waals surface area contributed by atoms with E-state index in [0.717, 1.165) is 0 Å². The maximum Gasteiger partial charge on any atom is 0.308 e. The van der Waals surface area contributed by atoms with E-state index in [-0.39, 0.29) is 30.4 Å². The lowest BCUT2D eigenvalue weighted by Gasteiger charge is -2.12. The molecular formula is C19H16FN3O4S. The van der Waals surface area contributed by atoms with E-state index in [1.54, 1.807) is 35.9 Å². The Morgan fingerprint density at radius 1 is 1.39 bits per heavy atom. The molecule has 3 aromatic rings. The van der Waals surface area contributed by atoms with E-state index in [4.69, 9.17) is 9.26 Å². The minimum absolute atomic E-state index is 0.0444. The third-order valence-corrected chi connectivity index (χ3v) is 5.48. The van der Waals surface area contributed by atoms with Crippen LogP contribution in [0.1, 0.15) is 23.7 Å². The highest BCUT2D eigenvalue weighted by Crippen LogP contribution is 2.32. The fourth-order valence-corrected chi connectivity index (χ4v) is 4.01. The monoisotopic (exact) mass is 401 g/mol. The second-order valence-electron chi connectivity index (χ2n) is 6.42. The Morgan fingerprint density at radius 2 is 2.18 bits per heavy atom. The highest BCUT2D eigenvalue weighted by molar-refractivity contribution is 7.99. The largest absolute Gasteiger partial charge is 0.459 e. The number of hydrogen-bond acceptors (Lipinski definition) is 7. The summed E-state index contributed by atoms with van der Waals surface area (Å²) in [5.41, 5.74) is 1.53. The average molecular weight is 401 g/mol. The van der Waals surface area contributed by atoms with Gasteiger partial charge in [0.05, 0.1) is 12.5 Å². The van der Waals surface area contributed by atoms with Crippen LogP contribution in [-0.4, -0.2) is 26.4 Å². The summed E-state index contributed by atoms with van der Waals surface area (Å²) < 4.78 is 25.0. The summed E-state index contributed by atoms with van der Waals surface area (Å²) in [6.45, 7) is 1.65. The molecule has 0 saturated carbocycles. The quantitative estimate of drug-likeness (QED) is 0.479. The molecule has 2 aromatic heterocycles. The number of esters is 1. The molecule has 0 saturated heterocycles. The molecule has 0 bridgehead atoms. The molecule has 0 radical (unpaired) electrons. The summed E-state index contributed by atoms with van der Waals surface area (Å²) in [5.74, 6) is 0.284. The summed E-state index contributed by atoms with van der Waals surface area (Å²) in [7, 11) is 0. The summed E-state index contributed by atoms with van der Waals surface area (Å²) in [6, 6.07) is 7.17. The summed E-state index contributed by atoms with van der Waals surface area (Å²) >= 11 is 1.45. The molecule has 144 valence electrons. The number of ether oxygens (including phenoxy) is 1. The maximum atomic E-state index is 13.0. The van der Waals surface area contributed by atoms with E-state index in [1.807, 2.05) is 0 Å². The van der Waals surface area contributed by atoms with Crippen molar-refractivity contribution in [3.8, 4) is 11.3 Å². The number of benzene rings is 1. The molecule has 0 spiro atoms. The van der Waals surface area contributed by atoms with Crippen LogP contribution in [0.25, 0.3) is 11.3 Å². The Bertz CT molecular complexity index is 1080. The van der Waals surface area contributed by atoms with E-state index in [1.165, 1.54) is 23.9 Å². The SMILES string of the molecule is Cc1cnc2n(c1=O)C(CC(=O)OCc1cc(-c3ccc(F)cc3)on1)CS2. The minimum Gasteiger partial charge on any atom is -0.459 e. The minimum atomic E-state index is -0.432. The first-order valence-electron chi connectivity index (χ1n) is 8.59. The van der Waals surface area contributed by atoms with Crippen LogP contribution in [0.3, 0.4) is 0 Å². The molecule has 3 heterocycles. The third-order valence-electron chi connectivity index (χ3n) is 4.37. The van der Waals surface area contributed by atoms with E-state index >= 15 is 0 Å². The smallest absolute Gasteiger partial charge is 0.308 e. The summed E-state index contributed by atoms with van der Waals surface area (Å²) in [6.07, 6.45) is 1.62. The van der Waals surface area contributed by atoms with Crippen LogP contribution in [0.4, 0.5) is 4.39 Å². The van der Waals surface area contributed by atoms with Gasteiger partial charge in [-0.3, -0.25) is 14.2 Å². The first-order chi connectivity index (χ1) is 13.5. The number of fused-ring (bicyclic) bond motifs is 1. The van der Waals surface area contributed by atoms with Gasteiger partial charge in [-0.2, -0.15) is 0 Å². The zero-order valence-electron chi connectivity index (χ0n) is 14.9. The van der Waals surface area contributed by atoms with Gasteiger partial charge in [0.25, 0.3) is 5.56 Å². The van der Waals surface area contributed by atoms with Crippen molar-refractivity contribution < 1.29 is 18.4 Å². The molecule has 0 N–H and O–H groups in total. The molecule has 1 atom stereocenters. The topological polar surface area (TPSA) is 87.2 Å². The molecule has 1 aliphatic heterocycles. The van der Waals surface area contributed by atoms with Crippen LogP contribution in [0.2, 0.25) is 0 Å². The molecule has 1 aromatic carbocycles. The van der Waals surface area contributed by atoms with Crippen LogP contribution in [0, 0.1) is 12.7 Å². The molecule has 1 aliphatic rings. The van der Waals surface area contributed by atoms with Crippen molar-refractivity contribution in [1.29, 1.82) is 0 Å². The highest BCUT2D eigenvalue weighted by atomic mass is 32.2. The number of nitrogens with zero attached hydrogens (tertiary/aromatic N) is 3. The fraction of sp³-hybridized carbons (Fsp3) is 0.263. The number of aromatic nitrogens is 3. The second kappa shape index (κ2) is 7.59. The lowest BCUT2D eigenvalue weighted by molar-refractivity contribution is -0.145. The lowest BCUT2D eigenvalue weighted by Crippen LogP contribution is -2.27. The number of rotatable bonds is 5. The number of aryl methyl sites for hydroxylation is 1. The molecular weight excluding hydrogens is 385 g/mol. The van der Waals surface area contributed by atoms with Crippen molar-refractivity contribution in [2.24, 2.45) is 0 Å². The van der Waals surface area contributed by atoms with Crippen LogP contribution in [0.15, 0.2) is 51.0 Å². The predicted octanol–water partition coefficient (Wildman–Crippen LogP) is 3.13. The van der Waals surface area contributed by atoms with E-state index in [0.29, 0.717) is 33.5 Å². The predicted molar refractivity (Wildman–Crippen MR) is 99.3 cm³/mol. The van der Waals surface area contributed by atoms with E-state index < -0.39 is 5.97 Å². The van der Waals surface area contributed by atoms with Gasteiger partial charge in [-0.05, 0) is 31.2 Å². The Balaban J connectivity index is 1.37. The molecule has 0 aliphatic carbocycles. The first kappa shape index (κ1) is 18.4. The number of carbonyl (C=O) groups is 1. The van der Waals surface area contributed by atoms with Crippen LogP contribution >= 0.6 is 11.8 Å². The Labute approximate surface area is 163 Å². The van der Waals surface area contributed by atoms with Gasteiger partial charge in [-0.15, -0.1) is 0 Å². The fourth-order valence-electron chi connectivity index (χ4n) is 2.91. The standard InChI is InChI=1S/C19H16FN3O4S/c1-11-8-21-19-23(18(11)25)15(10-28-19)7-17(24)26-9-14-6-16(27-22-14)12-2-4-13(20)5-3-12/h2-6,8,15H,7,9-10H2,1H3. The van der Waals surface area contributed by atoms with Gasteiger partial charge in [-0.1, -0.05) is 16.9 Å². The molecule has 1 unspecified atom stereocenters. The Kier molecular flexibility index (Phi) is 4.99. The normalized spacial score (nSPS) is 15.4. The molecule has 0 amide bonds. The van der Waals surface area contributed by atoms with Crippen molar-refractivity contribution >= 4 is 17.7 Å². The first-order valence-corrected chi connectivity index (χ1v) is 9.58. The van der Waals surface area contributed by atoms with Gasteiger partial charge in [0, 0.05) is 29.1 Å². The summed E-state index contributed by atoms with van der Waals surface area (Å²) in [5, 5.41) is 4.48. The molecule has 0 fully saturated rings. The average Bonchev–Trinajstić information content (AvgIpc) is 3.31. The molecule has 4 rings (SSSR count). The Morgan fingerprint density at radius 3 is 2.96 bits per heavy atom. The third kappa shape index (κ3) is 3.70. The zero-order valence-corrected chi connectivity index (χ0v) is 15.7. The van der Waals surface area contributed by atoms with Crippen LogP contribution in [-0.2, 0) is 16.1 Å². The number of hydrogen-bond donors (Lipinski definition) is 0. The summed E-state index contributed by atoms with van der Waals surface area (Å²) in [4.78, 5) is 28.8. The van der Waals surface area contributed by atoms with Crippen molar-refractivity contribution in [2.75, 3.05) is 5.75 Å². The number of halogens is 1. The van der Waals surface area contributed by atoms with Gasteiger partial charge < -0.3 is 9.26 Å². The number of carbonyl (C=O) groups excluding carboxylic acids is 1. The van der Waals surface area contributed by atoms with Crippen molar-refractivity contribution in [3.63, 3.8) is 0 Å². The van der Waals surface area contributed by atoms with Gasteiger partial charge in [0.2, 0.25) is 0 Å². The van der Waals surface area contributed by atoms with Crippen molar-refractivity contribution in [3.05, 3.63) is 64.0 Å². The van der Waals surface area contributed by atoms with Crippen molar-refractivity contribution in [1.82, 2.24) is 14.7 Å². The maximum absolute atomic E-state index is 13.0. The molecule has 7 nitrogen and oxygen atoms in total. The van der Waals surface area contributed by atoms with Gasteiger partial charge in [0.15, 0.2) is 10.9 Å². The second-order valence-corrected chi connectivity index (χ2v) is 7.41.